The zero-order valence-corrected chi connectivity index (χ0v) is 16.4. The molecule has 0 fully saturated rings. The number of anilines is 2. The molecule has 0 bridgehead atoms. The topological polar surface area (TPSA) is 58.2 Å². The first-order chi connectivity index (χ1) is 12.0. The highest BCUT2D eigenvalue weighted by molar-refractivity contribution is 6.43. The van der Waals surface area contributed by atoms with E-state index < -0.39 is 11.8 Å². The van der Waals surface area contributed by atoms with Gasteiger partial charge in [0.25, 0.3) is 0 Å². The molecule has 0 heterocycles. The van der Waals surface area contributed by atoms with Crippen LogP contribution in [0.15, 0.2) is 48.5 Å². The van der Waals surface area contributed by atoms with E-state index in [0.29, 0.717) is 11.4 Å². The van der Waals surface area contributed by atoms with Crippen LogP contribution in [-0.4, -0.2) is 11.8 Å². The van der Waals surface area contributed by atoms with Gasteiger partial charge in [-0.1, -0.05) is 65.8 Å². The minimum Gasteiger partial charge on any atom is -0.318 e. The highest BCUT2D eigenvalue weighted by atomic mass is 16.2. The average molecular weight is 352 g/mol. The number of carbonyl (C=O) groups is 2. The van der Waals surface area contributed by atoms with E-state index in [4.69, 9.17) is 0 Å². The van der Waals surface area contributed by atoms with Crippen molar-refractivity contribution < 1.29 is 9.59 Å². The maximum atomic E-state index is 12.2. The average Bonchev–Trinajstić information content (AvgIpc) is 2.54. The lowest BCUT2D eigenvalue weighted by atomic mass is 9.87. The molecule has 2 aromatic carbocycles. The summed E-state index contributed by atoms with van der Waals surface area (Å²) in [5.74, 6) is -1.37. The van der Waals surface area contributed by atoms with Crippen molar-refractivity contribution in [2.75, 3.05) is 10.6 Å². The molecule has 0 aliphatic rings. The van der Waals surface area contributed by atoms with E-state index in [-0.39, 0.29) is 10.8 Å². The highest BCUT2D eigenvalue weighted by Crippen LogP contribution is 2.25. The fourth-order valence-electron chi connectivity index (χ4n) is 2.49. The summed E-state index contributed by atoms with van der Waals surface area (Å²) in [5.41, 5.74) is 3.48. The van der Waals surface area contributed by atoms with E-state index in [0.717, 1.165) is 5.56 Å². The number of nitrogens with one attached hydrogen (secondary N) is 2. The van der Waals surface area contributed by atoms with Gasteiger partial charge in [0.15, 0.2) is 0 Å². The molecule has 0 aliphatic carbocycles. The Morgan fingerprint density at radius 3 is 1.65 bits per heavy atom. The molecule has 0 aromatic heterocycles. The first kappa shape index (κ1) is 19.7. The molecule has 2 amide bonds. The fourth-order valence-corrected chi connectivity index (χ4v) is 2.49. The number of hydrogen-bond acceptors (Lipinski definition) is 2. The van der Waals surface area contributed by atoms with Crippen LogP contribution in [0.3, 0.4) is 0 Å². The summed E-state index contributed by atoms with van der Waals surface area (Å²) in [7, 11) is 0. The molecule has 138 valence electrons. The predicted molar refractivity (Wildman–Crippen MR) is 108 cm³/mol. The lowest BCUT2D eigenvalue weighted by Crippen LogP contribution is -2.29. The van der Waals surface area contributed by atoms with Crippen LogP contribution in [-0.2, 0) is 20.4 Å². The van der Waals surface area contributed by atoms with Crippen LogP contribution >= 0.6 is 0 Å². The Labute approximate surface area is 156 Å². The maximum absolute atomic E-state index is 12.2. The Bertz CT molecular complexity index is 794. The van der Waals surface area contributed by atoms with Crippen molar-refractivity contribution in [1.29, 1.82) is 0 Å². The Balaban J connectivity index is 2.03. The van der Waals surface area contributed by atoms with Gasteiger partial charge < -0.3 is 10.6 Å². The largest absolute Gasteiger partial charge is 0.318 e. The highest BCUT2D eigenvalue weighted by Gasteiger charge is 2.18. The number of amides is 2. The second-order valence-corrected chi connectivity index (χ2v) is 8.57. The van der Waals surface area contributed by atoms with E-state index in [1.54, 1.807) is 6.07 Å². The quantitative estimate of drug-likeness (QED) is 0.758. The normalized spacial score (nSPS) is 11.8. The molecule has 0 radical (unpaired) electrons. The Hall–Kier alpha value is -2.62. The molecular weight excluding hydrogens is 324 g/mol. The summed E-state index contributed by atoms with van der Waals surface area (Å²) < 4.78 is 0. The lowest BCUT2D eigenvalue weighted by molar-refractivity contribution is -0.132. The molecule has 26 heavy (non-hydrogen) atoms. The van der Waals surface area contributed by atoms with Crippen molar-refractivity contribution in [2.45, 2.75) is 52.4 Å². The Kier molecular flexibility index (Phi) is 5.55. The van der Waals surface area contributed by atoms with Crippen molar-refractivity contribution in [1.82, 2.24) is 0 Å². The summed E-state index contributed by atoms with van der Waals surface area (Å²) in [5, 5.41) is 5.29. The first-order valence-electron chi connectivity index (χ1n) is 8.80. The summed E-state index contributed by atoms with van der Waals surface area (Å²) in [6, 6.07) is 15.1. The van der Waals surface area contributed by atoms with E-state index in [1.807, 2.05) is 42.5 Å². The smallest absolute Gasteiger partial charge is 0.314 e. The third kappa shape index (κ3) is 5.19. The molecule has 4 heteroatoms. The van der Waals surface area contributed by atoms with Gasteiger partial charge in [0.1, 0.15) is 0 Å². The standard InChI is InChI=1S/C22H28N2O2/c1-21(2,3)15-10-12-17(13-11-15)23-19(25)20(26)24-18-9-7-8-16(14-18)22(4,5)6/h7-14H,1-6H3,(H,23,25)(H,24,26). The summed E-state index contributed by atoms with van der Waals surface area (Å²) in [4.78, 5) is 24.3. The van der Waals surface area contributed by atoms with E-state index in [1.165, 1.54) is 5.56 Å². The van der Waals surface area contributed by atoms with Crippen LogP contribution in [0.4, 0.5) is 11.4 Å². The van der Waals surface area contributed by atoms with Crippen LogP contribution in [0.25, 0.3) is 0 Å². The molecule has 2 rings (SSSR count). The molecule has 0 aliphatic heterocycles. The molecule has 0 spiro atoms. The molecule has 0 saturated carbocycles. The number of carbonyl (C=O) groups excluding carboxylic acids is 2. The van der Waals surface area contributed by atoms with Crippen LogP contribution in [0, 0.1) is 0 Å². The second kappa shape index (κ2) is 7.32. The number of benzene rings is 2. The van der Waals surface area contributed by atoms with E-state index in [2.05, 4.69) is 52.2 Å². The zero-order valence-electron chi connectivity index (χ0n) is 16.4. The molecule has 4 nitrogen and oxygen atoms in total. The van der Waals surface area contributed by atoms with Crippen molar-refractivity contribution in [3.05, 3.63) is 59.7 Å². The SMILES string of the molecule is CC(C)(C)c1ccc(NC(=O)C(=O)Nc2cccc(C(C)(C)C)c2)cc1. The van der Waals surface area contributed by atoms with Crippen LogP contribution in [0.1, 0.15) is 52.7 Å². The van der Waals surface area contributed by atoms with E-state index in [9.17, 15) is 9.59 Å². The minimum atomic E-state index is -0.685. The summed E-state index contributed by atoms with van der Waals surface area (Å²) in [6.45, 7) is 12.7. The first-order valence-corrected chi connectivity index (χ1v) is 8.80. The minimum absolute atomic E-state index is 0.0300. The third-order valence-corrected chi connectivity index (χ3v) is 4.20. The van der Waals surface area contributed by atoms with Crippen molar-refractivity contribution in [3.8, 4) is 0 Å². The van der Waals surface area contributed by atoms with Crippen LogP contribution in [0.5, 0.6) is 0 Å². The summed E-state index contributed by atoms with van der Waals surface area (Å²) in [6.07, 6.45) is 0. The molecular formula is C22H28N2O2. The van der Waals surface area contributed by atoms with Gasteiger partial charge in [0.2, 0.25) is 0 Å². The van der Waals surface area contributed by atoms with Gasteiger partial charge in [-0.2, -0.15) is 0 Å². The van der Waals surface area contributed by atoms with E-state index >= 15 is 0 Å². The molecule has 0 unspecified atom stereocenters. The number of rotatable bonds is 2. The summed E-state index contributed by atoms with van der Waals surface area (Å²) >= 11 is 0. The zero-order chi connectivity index (χ0) is 19.5. The molecule has 0 saturated heterocycles. The van der Waals surface area contributed by atoms with Gasteiger partial charge in [-0.15, -0.1) is 0 Å². The van der Waals surface area contributed by atoms with Gasteiger partial charge in [0, 0.05) is 11.4 Å². The van der Waals surface area contributed by atoms with Crippen molar-refractivity contribution in [2.24, 2.45) is 0 Å². The van der Waals surface area contributed by atoms with Gasteiger partial charge >= 0.3 is 11.8 Å². The monoisotopic (exact) mass is 352 g/mol. The van der Waals surface area contributed by atoms with Crippen molar-refractivity contribution >= 4 is 23.2 Å². The maximum Gasteiger partial charge on any atom is 0.314 e. The Morgan fingerprint density at radius 2 is 1.15 bits per heavy atom. The molecule has 2 N–H and O–H groups in total. The van der Waals surface area contributed by atoms with Gasteiger partial charge in [-0.25, -0.2) is 0 Å². The molecule has 2 aromatic rings. The predicted octanol–water partition coefficient (Wildman–Crippen LogP) is 4.86. The van der Waals surface area contributed by atoms with Gasteiger partial charge in [-0.3, -0.25) is 9.59 Å². The van der Waals surface area contributed by atoms with Crippen molar-refractivity contribution in [3.63, 3.8) is 0 Å². The van der Waals surface area contributed by atoms with Crippen LogP contribution in [0.2, 0.25) is 0 Å². The van der Waals surface area contributed by atoms with Crippen LogP contribution < -0.4 is 10.6 Å². The lowest BCUT2D eigenvalue weighted by Gasteiger charge is -2.20. The fraction of sp³-hybridized carbons (Fsp3) is 0.364. The second-order valence-electron chi connectivity index (χ2n) is 8.57. The Morgan fingerprint density at radius 1 is 0.654 bits per heavy atom. The van der Waals surface area contributed by atoms with Gasteiger partial charge in [0.05, 0.1) is 0 Å². The van der Waals surface area contributed by atoms with Gasteiger partial charge in [-0.05, 0) is 46.2 Å². The third-order valence-electron chi connectivity index (χ3n) is 4.20. The number of hydrogen-bond donors (Lipinski definition) is 2. The molecule has 0 atom stereocenters.